The third kappa shape index (κ3) is 2.43. The van der Waals surface area contributed by atoms with E-state index >= 15 is 0 Å². The van der Waals surface area contributed by atoms with E-state index in [-0.39, 0.29) is 6.04 Å². The molecule has 0 fully saturated rings. The molecule has 2 aromatic rings. The number of thiophene rings is 2. The smallest absolute Gasteiger partial charge is 0.0761 e. The Morgan fingerprint density at radius 3 is 2.50 bits per heavy atom. The van der Waals surface area contributed by atoms with E-state index in [4.69, 9.17) is 0 Å². The minimum atomic E-state index is 0.267. The van der Waals surface area contributed by atoms with E-state index in [1.165, 1.54) is 19.8 Å². The van der Waals surface area contributed by atoms with Gasteiger partial charge in [0.1, 0.15) is 0 Å². The molecular formula is C11H11Br2NS2. The highest BCUT2D eigenvalue weighted by atomic mass is 79.9. The van der Waals surface area contributed by atoms with Crippen molar-refractivity contribution < 1.29 is 0 Å². The average Bonchev–Trinajstić information content (AvgIpc) is 2.77. The summed E-state index contributed by atoms with van der Waals surface area (Å²) in [6.07, 6.45) is 0. The highest BCUT2D eigenvalue weighted by Crippen LogP contribution is 2.39. The first kappa shape index (κ1) is 12.8. The van der Waals surface area contributed by atoms with Crippen LogP contribution >= 0.6 is 54.5 Å². The van der Waals surface area contributed by atoms with Crippen molar-refractivity contribution in [2.24, 2.45) is 0 Å². The number of aryl methyl sites for hydroxylation is 1. The van der Waals surface area contributed by atoms with Crippen LogP contribution in [-0.4, -0.2) is 7.05 Å². The molecule has 0 saturated heterocycles. The van der Waals surface area contributed by atoms with Gasteiger partial charge in [0, 0.05) is 4.88 Å². The summed E-state index contributed by atoms with van der Waals surface area (Å²) >= 11 is 10.7. The van der Waals surface area contributed by atoms with Crippen molar-refractivity contribution in [2.45, 2.75) is 13.0 Å². The lowest BCUT2D eigenvalue weighted by Gasteiger charge is -2.15. The Hall–Kier alpha value is 0.320. The zero-order valence-electron chi connectivity index (χ0n) is 8.88. The van der Waals surface area contributed by atoms with Gasteiger partial charge >= 0.3 is 0 Å². The van der Waals surface area contributed by atoms with Gasteiger partial charge in [-0.15, -0.1) is 22.7 Å². The van der Waals surface area contributed by atoms with Crippen LogP contribution in [0.2, 0.25) is 0 Å². The van der Waals surface area contributed by atoms with Crippen molar-refractivity contribution >= 4 is 54.5 Å². The van der Waals surface area contributed by atoms with Crippen molar-refractivity contribution in [1.82, 2.24) is 5.32 Å². The number of rotatable bonds is 3. The van der Waals surface area contributed by atoms with Gasteiger partial charge in [-0.25, -0.2) is 0 Å². The molecular weight excluding hydrogens is 370 g/mol. The van der Waals surface area contributed by atoms with E-state index in [1.807, 2.05) is 7.05 Å². The predicted molar refractivity (Wildman–Crippen MR) is 79.7 cm³/mol. The van der Waals surface area contributed by atoms with E-state index < -0.39 is 0 Å². The maximum atomic E-state index is 3.62. The minimum absolute atomic E-state index is 0.267. The van der Waals surface area contributed by atoms with E-state index in [9.17, 15) is 0 Å². The standard InChI is InChI=1S/C11H11Br2NS2/c1-6-7(3-4-15-6)10(14-2)8-5-9(12)16-11(8)13/h3-5,10,14H,1-2H3. The summed E-state index contributed by atoms with van der Waals surface area (Å²) in [7, 11) is 2.00. The summed E-state index contributed by atoms with van der Waals surface area (Å²) < 4.78 is 2.34. The summed E-state index contributed by atoms with van der Waals surface area (Å²) in [5, 5.41) is 5.52. The largest absolute Gasteiger partial charge is 0.309 e. The summed E-state index contributed by atoms with van der Waals surface area (Å²) in [4.78, 5) is 1.37. The van der Waals surface area contributed by atoms with Crippen molar-refractivity contribution in [1.29, 1.82) is 0 Å². The van der Waals surface area contributed by atoms with Crippen LogP contribution in [0.25, 0.3) is 0 Å². The number of hydrogen-bond acceptors (Lipinski definition) is 3. The number of halogens is 2. The lowest BCUT2D eigenvalue weighted by Crippen LogP contribution is -2.17. The Labute approximate surface area is 120 Å². The average molecular weight is 381 g/mol. The van der Waals surface area contributed by atoms with E-state index in [2.05, 4.69) is 61.6 Å². The van der Waals surface area contributed by atoms with Gasteiger partial charge in [-0.05, 0) is 74.5 Å². The van der Waals surface area contributed by atoms with Crippen molar-refractivity contribution in [3.05, 3.63) is 41.1 Å². The fourth-order valence-corrected chi connectivity index (χ4v) is 5.37. The molecule has 0 amide bonds. The monoisotopic (exact) mass is 379 g/mol. The molecule has 1 nitrogen and oxygen atoms in total. The molecule has 0 aromatic carbocycles. The van der Waals surface area contributed by atoms with Crippen LogP contribution in [0, 0.1) is 6.92 Å². The molecule has 16 heavy (non-hydrogen) atoms. The highest BCUT2D eigenvalue weighted by molar-refractivity contribution is 9.12. The molecule has 0 aliphatic rings. The van der Waals surface area contributed by atoms with E-state index in [0.29, 0.717) is 0 Å². The van der Waals surface area contributed by atoms with Gasteiger partial charge in [-0.1, -0.05) is 0 Å². The molecule has 2 aromatic heterocycles. The second-order valence-electron chi connectivity index (χ2n) is 3.43. The minimum Gasteiger partial charge on any atom is -0.309 e. The Balaban J connectivity index is 2.44. The van der Waals surface area contributed by atoms with Crippen LogP contribution < -0.4 is 5.32 Å². The molecule has 0 aliphatic heterocycles. The van der Waals surface area contributed by atoms with Crippen molar-refractivity contribution in [3.8, 4) is 0 Å². The van der Waals surface area contributed by atoms with Crippen LogP contribution in [0.4, 0.5) is 0 Å². The molecule has 1 unspecified atom stereocenters. The Kier molecular flexibility index (Phi) is 4.24. The van der Waals surface area contributed by atoms with Gasteiger partial charge in [-0.3, -0.25) is 0 Å². The normalized spacial score (nSPS) is 13.0. The number of nitrogens with one attached hydrogen (secondary N) is 1. The van der Waals surface area contributed by atoms with Crippen LogP contribution in [0.5, 0.6) is 0 Å². The molecule has 0 bridgehead atoms. The zero-order chi connectivity index (χ0) is 11.7. The van der Waals surface area contributed by atoms with Gasteiger partial charge in [0.2, 0.25) is 0 Å². The molecule has 0 radical (unpaired) electrons. The summed E-state index contributed by atoms with van der Waals surface area (Å²) in [6.45, 7) is 2.17. The third-order valence-corrected chi connectivity index (χ3v) is 5.74. The first-order valence-electron chi connectivity index (χ1n) is 4.79. The predicted octanol–water partition coefficient (Wildman–Crippen LogP) is 4.95. The zero-order valence-corrected chi connectivity index (χ0v) is 13.7. The van der Waals surface area contributed by atoms with Gasteiger partial charge in [0.05, 0.1) is 13.6 Å². The lowest BCUT2D eigenvalue weighted by molar-refractivity contribution is 0.691. The SMILES string of the molecule is CNC(c1ccsc1C)c1cc(Br)sc1Br. The van der Waals surface area contributed by atoms with Crippen molar-refractivity contribution in [3.63, 3.8) is 0 Å². The summed E-state index contributed by atoms with van der Waals surface area (Å²) in [5.74, 6) is 0. The van der Waals surface area contributed by atoms with Gasteiger partial charge in [0.25, 0.3) is 0 Å². The van der Waals surface area contributed by atoms with Crippen LogP contribution in [0.3, 0.4) is 0 Å². The molecule has 2 heterocycles. The first-order chi connectivity index (χ1) is 7.63. The highest BCUT2D eigenvalue weighted by Gasteiger charge is 2.19. The molecule has 0 spiro atoms. The van der Waals surface area contributed by atoms with E-state index in [0.717, 1.165) is 3.79 Å². The van der Waals surface area contributed by atoms with Crippen LogP contribution in [-0.2, 0) is 0 Å². The molecule has 0 aliphatic carbocycles. The maximum absolute atomic E-state index is 3.62. The van der Waals surface area contributed by atoms with Crippen LogP contribution in [0.1, 0.15) is 22.0 Å². The second kappa shape index (κ2) is 5.31. The topological polar surface area (TPSA) is 12.0 Å². The van der Waals surface area contributed by atoms with Gasteiger partial charge in [-0.2, -0.15) is 0 Å². The molecule has 86 valence electrons. The lowest BCUT2D eigenvalue weighted by atomic mass is 10.0. The third-order valence-electron chi connectivity index (χ3n) is 2.49. The van der Waals surface area contributed by atoms with Crippen LogP contribution in [0.15, 0.2) is 25.1 Å². The van der Waals surface area contributed by atoms with Gasteiger partial charge < -0.3 is 5.32 Å². The van der Waals surface area contributed by atoms with Gasteiger partial charge in [0.15, 0.2) is 0 Å². The molecule has 1 atom stereocenters. The Morgan fingerprint density at radius 2 is 2.06 bits per heavy atom. The Bertz CT molecular complexity index is 490. The molecule has 0 saturated carbocycles. The molecule has 5 heteroatoms. The molecule has 1 N–H and O–H groups in total. The Morgan fingerprint density at radius 1 is 1.31 bits per heavy atom. The van der Waals surface area contributed by atoms with Crippen molar-refractivity contribution in [2.75, 3.05) is 7.05 Å². The second-order valence-corrected chi connectivity index (χ2v) is 8.30. The molecule has 2 rings (SSSR count). The fourth-order valence-electron chi connectivity index (χ4n) is 1.72. The summed E-state index contributed by atoms with van der Waals surface area (Å²) in [5.41, 5.74) is 2.65. The summed E-state index contributed by atoms with van der Waals surface area (Å²) in [6, 6.07) is 4.63. The number of hydrogen-bond donors (Lipinski definition) is 1. The first-order valence-corrected chi connectivity index (χ1v) is 8.07. The fraction of sp³-hybridized carbons (Fsp3) is 0.273. The van der Waals surface area contributed by atoms with E-state index in [1.54, 1.807) is 22.7 Å². The maximum Gasteiger partial charge on any atom is 0.0761 e. The quantitative estimate of drug-likeness (QED) is 0.793.